The van der Waals surface area contributed by atoms with Crippen molar-refractivity contribution in [3.05, 3.63) is 29.8 Å². The first-order valence-corrected chi connectivity index (χ1v) is 7.22. The largest absolute Gasteiger partial charge is 0.382 e. The molecule has 3 nitrogen and oxygen atoms in total. The van der Waals surface area contributed by atoms with Crippen LogP contribution in [0, 0.1) is 0 Å². The van der Waals surface area contributed by atoms with E-state index in [1.54, 1.807) is 7.11 Å². The molecule has 0 amide bonds. The zero-order chi connectivity index (χ0) is 13.9. The fourth-order valence-corrected chi connectivity index (χ4v) is 2.05. The first kappa shape index (κ1) is 16.0. The van der Waals surface area contributed by atoms with Crippen LogP contribution in [0.1, 0.15) is 38.7 Å². The average molecular weight is 265 g/mol. The molecule has 0 radical (unpaired) electrons. The van der Waals surface area contributed by atoms with E-state index in [0.29, 0.717) is 25.9 Å². The van der Waals surface area contributed by atoms with Crippen molar-refractivity contribution < 1.29 is 9.47 Å². The average Bonchev–Trinajstić information content (AvgIpc) is 2.43. The molecule has 0 heterocycles. The number of benzene rings is 1. The van der Waals surface area contributed by atoms with Crippen molar-refractivity contribution in [2.45, 2.75) is 45.8 Å². The summed E-state index contributed by atoms with van der Waals surface area (Å²) in [5.41, 5.74) is 2.39. The summed E-state index contributed by atoms with van der Waals surface area (Å²) < 4.78 is 10.5. The molecule has 1 rings (SSSR count). The number of hydrogen-bond donors (Lipinski definition) is 1. The Morgan fingerprint density at radius 2 is 2.05 bits per heavy atom. The van der Waals surface area contributed by atoms with Gasteiger partial charge in [-0.05, 0) is 30.5 Å². The normalized spacial score (nSPS) is 12.4. The molecule has 1 unspecified atom stereocenters. The molecule has 1 aromatic rings. The topological polar surface area (TPSA) is 30.5 Å². The third-order valence-electron chi connectivity index (χ3n) is 3.13. The first-order chi connectivity index (χ1) is 9.30. The molecule has 0 saturated heterocycles. The second kappa shape index (κ2) is 9.82. The molecular weight excluding hydrogens is 238 g/mol. The van der Waals surface area contributed by atoms with Gasteiger partial charge in [0.2, 0.25) is 0 Å². The van der Waals surface area contributed by atoms with Crippen molar-refractivity contribution in [2.24, 2.45) is 0 Å². The molecule has 1 atom stereocenters. The van der Waals surface area contributed by atoms with E-state index in [1.807, 2.05) is 0 Å². The van der Waals surface area contributed by atoms with Crippen LogP contribution in [0.5, 0.6) is 0 Å². The summed E-state index contributed by atoms with van der Waals surface area (Å²) in [5.74, 6) is 0. The van der Waals surface area contributed by atoms with Gasteiger partial charge < -0.3 is 14.8 Å². The molecule has 0 aliphatic carbocycles. The van der Waals surface area contributed by atoms with Crippen molar-refractivity contribution in [1.29, 1.82) is 0 Å². The van der Waals surface area contributed by atoms with E-state index in [-0.39, 0.29) is 0 Å². The summed E-state index contributed by atoms with van der Waals surface area (Å²) in [7, 11) is 1.69. The Kier molecular flexibility index (Phi) is 8.26. The second-order valence-electron chi connectivity index (χ2n) is 4.78. The van der Waals surface area contributed by atoms with Gasteiger partial charge in [0.05, 0.1) is 19.8 Å². The third-order valence-corrected chi connectivity index (χ3v) is 3.13. The predicted octanol–water partition coefficient (Wildman–Crippen LogP) is 3.84. The van der Waals surface area contributed by atoms with E-state index in [2.05, 4.69) is 43.4 Å². The highest BCUT2D eigenvalue weighted by Crippen LogP contribution is 2.15. The minimum absolute atomic E-state index is 0.564. The summed E-state index contributed by atoms with van der Waals surface area (Å²) in [6.45, 7) is 6.38. The smallest absolute Gasteiger partial charge is 0.0718 e. The standard InChI is InChI=1S/C16H27NO2/c1-4-7-15(5-2)17-16-9-6-8-14(12-16)13-19-11-10-18-3/h6,8-9,12,15,17H,4-5,7,10-11,13H2,1-3H3. The highest BCUT2D eigenvalue weighted by atomic mass is 16.5. The predicted molar refractivity (Wildman–Crippen MR) is 80.6 cm³/mol. The van der Waals surface area contributed by atoms with Gasteiger partial charge in [-0.3, -0.25) is 0 Å². The molecule has 0 spiro atoms. The number of nitrogens with one attached hydrogen (secondary N) is 1. The van der Waals surface area contributed by atoms with E-state index >= 15 is 0 Å². The molecular formula is C16H27NO2. The van der Waals surface area contributed by atoms with Crippen LogP contribution in [0.4, 0.5) is 5.69 Å². The number of methoxy groups -OCH3 is 1. The van der Waals surface area contributed by atoms with Gasteiger partial charge in [-0.15, -0.1) is 0 Å². The maximum atomic E-state index is 5.54. The Balaban J connectivity index is 2.46. The molecule has 108 valence electrons. The van der Waals surface area contributed by atoms with Crippen LogP contribution >= 0.6 is 0 Å². The van der Waals surface area contributed by atoms with Crippen LogP contribution in [0.15, 0.2) is 24.3 Å². The van der Waals surface area contributed by atoms with Gasteiger partial charge >= 0.3 is 0 Å². The molecule has 3 heteroatoms. The van der Waals surface area contributed by atoms with E-state index in [1.165, 1.54) is 24.1 Å². The number of rotatable bonds is 10. The Bertz CT molecular complexity index is 341. The molecule has 0 aliphatic rings. The van der Waals surface area contributed by atoms with Crippen molar-refractivity contribution in [3.63, 3.8) is 0 Å². The number of ether oxygens (including phenoxy) is 2. The fraction of sp³-hybridized carbons (Fsp3) is 0.625. The van der Waals surface area contributed by atoms with E-state index < -0.39 is 0 Å². The minimum Gasteiger partial charge on any atom is -0.382 e. The number of anilines is 1. The van der Waals surface area contributed by atoms with Crippen LogP contribution in [-0.2, 0) is 16.1 Å². The Morgan fingerprint density at radius 3 is 2.74 bits per heavy atom. The third kappa shape index (κ3) is 6.60. The molecule has 19 heavy (non-hydrogen) atoms. The Morgan fingerprint density at radius 1 is 1.21 bits per heavy atom. The van der Waals surface area contributed by atoms with Crippen LogP contribution in [0.25, 0.3) is 0 Å². The minimum atomic E-state index is 0.564. The van der Waals surface area contributed by atoms with Crippen molar-refractivity contribution >= 4 is 5.69 Å². The van der Waals surface area contributed by atoms with Crippen LogP contribution in [0.2, 0.25) is 0 Å². The maximum Gasteiger partial charge on any atom is 0.0718 e. The monoisotopic (exact) mass is 265 g/mol. The summed E-state index contributed by atoms with van der Waals surface area (Å²) in [4.78, 5) is 0. The van der Waals surface area contributed by atoms with E-state index in [9.17, 15) is 0 Å². The zero-order valence-electron chi connectivity index (χ0n) is 12.4. The van der Waals surface area contributed by atoms with Crippen molar-refractivity contribution in [1.82, 2.24) is 0 Å². The Hall–Kier alpha value is -1.06. The molecule has 0 aromatic heterocycles. The lowest BCUT2D eigenvalue weighted by atomic mass is 10.1. The lowest BCUT2D eigenvalue weighted by Crippen LogP contribution is -2.17. The highest BCUT2D eigenvalue weighted by molar-refractivity contribution is 5.46. The zero-order valence-corrected chi connectivity index (χ0v) is 12.4. The summed E-state index contributed by atoms with van der Waals surface area (Å²) in [6.07, 6.45) is 3.58. The van der Waals surface area contributed by atoms with Gasteiger partial charge in [0.15, 0.2) is 0 Å². The fourth-order valence-electron chi connectivity index (χ4n) is 2.05. The van der Waals surface area contributed by atoms with Crippen LogP contribution in [0.3, 0.4) is 0 Å². The van der Waals surface area contributed by atoms with Gasteiger partial charge in [0, 0.05) is 18.8 Å². The van der Waals surface area contributed by atoms with Crippen LogP contribution < -0.4 is 5.32 Å². The molecule has 0 fully saturated rings. The molecule has 1 N–H and O–H groups in total. The molecule has 0 bridgehead atoms. The van der Waals surface area contributed by atoms with Gasteiger partial charge in [-0.25, -0.2) is 0 Å². The SMILES string of the molecule is CCCC(CC)Nc1cccc(COCCOC)c1. The van der Waals surface area contributed by atoms with E-state index in [4.69, 9.17) is 9.47 Å². The maximum absolute atomic E-state index is 5.54. The summed E-state index contributed by atoms with van der Waals surface area (Å²) in [5, 5.41) is 3.59. The summed E-state index contributed by atoms with van der Waals surface area (Å²) in [6, 6.07) is 9.03. The van der Waals surface area contributed by atoms with Crippen LogP contribution in [-0.4, -0.2) is 26.4 Å². The Labute approximate surface area is 117 Å². The van der Waals surface area contributed by atoms with Crippen molar-refractivity contribution in [2.75, 3.05) is 25.6 Å². The van der Waals surface area contributed by atoms with Gasteiger partial charge in [-0.1, -0.05) is 32.4 Å². The lowest BCUT2D eigenvalue weighted by molar-refractivity contribution is 0.0617. The summed E-state index contributed by atoms with van der Waals surface area (Å²) >= 11 is 0. The molecule has 0 saturated carbocycles. The first-order valence-electron chi connectivity index (χ1n) is 7.22. The number of hydrogen-bond acceptors (Lipinski definition) is 3. The highest BCUT2D eigenvalue weighted by Gasteiger charge is 2.05. The van der Waals surface area contributed by atoms with E-state index in [0.717, 1.165) is 6.42 Å². The van der Waals surface area contributed by atoms with Crippen molar-refractivity contribution in [3.8, 4) is 0 Å². The van der Waals surface area contributed by atoms with Gasteiger partial charge in [0.1, 0.15) is 0 Å². The quantitative estimate of drug-likeness (QED) is 0.652. The van der Waals surface area contributed by atoms with Gasteiger partial charge in [0.25, 0.3) is 0 Å². The van der Waals surface area contributed by atoms with Gasteiger partial charge in [-0.2, -0.15) is 0 Å². The lowest BCUT2D eigenvalue weighted by Gasteiger charge is -2.18. The second-order valence-corrected chi connectivity index (χ2v) is 4.78. The molecule has 1 aromatic carbocycles. The molecule has 0 aliphatic heterocycles.